The Balaban J connectivity index is 1.62. The predicted molar refractivity (Wildman–Crippen MR) is 112 cm³/mol. The standard InChI is InChI=1S/C21H21N3O5S/c1-28-18-12-15(23-6-8-29-9-7-23)5-4-14(18)11-17-19(25)22-21(27)24(20(17)26)13-16-3-2-10-30-16/h2-5,10-12H,6-9,13H2,1H3,(H,22,25,27). The molecule has 0 saturated carbocycles. The molecule has 0 spiro atoms. The third-order valence-electron chi connectivity index (χ3n) is 4.97. The SMILES string of the molecule is COc1cc(N2CCOCC2)ccc1C=C1C(=O)NC(=O)N(Cc2cccs2)C1=O. The van der Waals surface area contributed by atoms with Gasteiger partial charge in [-0.15, -0.1) is 11.3 Å². The van der Waals surface area contributed by atoms with E-state index in [0.29, 0.717) is 24.5 Å². The second-order valence-electron chi connectivity index (χ2n) is 6.81. The Labute approximate surface area is 177 Å². The van der Waals surface area contributed by atoms with E-state index in [2.05, 4.69) is 10.2 Å². The zero-order valence-electron chi connectivity index (χ0n) is 16.4. The van der Waals surface area contributed by atoms with Crippen LogP contribution < -0.4 is 15.0 Å². The molecule has 1 N–H and O–H groups in total. The number of thiophene rings is 1. The summed E-state index contributed by atoms with van der Waals surface area (Å²) in [4.78, 5) is 41.5. The maximum absolute atomic E-state index is 12.9. The van der Waals surface area contributed by atoms with Gasteiger partial charge < -0.3 is 14.4 Å². The van der Waals surface area contributed by atoms with Crippen LogP contribution in [-0.4, -0.2) is 56.2 Å². The number of benzene rings is 1. The van der Waals surface area contributed by atoms with Crippen molar-refractivity contribution in [3.63, 3.8) is 0 Å². The fraction of sp³-hybridized carbons (Fsp3) is 0.286. The molecule has 0 bridgehead atoms. The van der Waals surface area contributed by atoms with Crippen LogP contribution in [0.4, 0.5) is 10.5 Å². The minimum atomic E-state index is -0.717. The maximum Gasteiger partial charge on any atom is 0.331 e. The van der Waals surface area contributed by atoms with Gasteiger partial charge in [0.25, 0.3) is 11.8 Å². The molecule has 156 valence electrons. The first-order chi connectivity index (χ1) is 14.6. The van der Waals surface area contributed by atoms with Crippen molar-refractivity contribution in [2.45, 2.75) is 6.54 Å². The highest BCUT2D eigenvalue weighted by Crippen LogP contribution is 2.29. The number of imide groups is 2. The number of anilines is 1. The summed E-state index contributed by atoms with van der Waals surface area (Å²) in [7, 11) is 1.54. The Kier molecular flexibility index (Phi) is 5.82. The average molecular weight is 427 g/mol. The lowest BCUT2D eigenvalue weighted by Crippen LogP contribution is -2.53. The quantitative estimate of drug-likeness (QED) is 0.582. The number of rotatable bonds is 5. The summed E-state index contributed by atoms with van der Waals surface area (Å²) in [6.07, 6.45) is 1.47. The highest BCUT2D eigenvalue weighted by Gasteiger charge is 2.36. The number of urea groups is 1. The Morgan fingerprint density at radius 3 is 2.70 bits per heavy atom. The molecular formula is C21H21N3O5S. The number of carbonyl (C=O) groups excluding carboxylic acids is 3. The van der Waals surface area contributed by atoms with Crippen LogP contribution in [0.5, 0.6) is 5.75 Å². The molecule has 30 heavy (non-hydrogen) atoms. The van der Waals surface area contributed by atoms with Crippen LogP contribution in [0.15, 0.2) is 41.3 Å². The number of hydrogen-bond acceptors (Lipinski definition) is 7. The van der Waals surface area contributed by atoms with Crippen LogP contribution in [0.3, 0.4) is 0 Å². The number of morpholine rings is 1. The zero-order chi connectivity index (χ0) is 21.1. The number of methoxy groups -OCH3 is 1. The molecule has 3 heterocycles. The number of nitrogens with zero attached hydrogens (tertiary/aromatic N) is 2. The monoisotopic (exact) mass is 427 g/mol. The second kappa shape index (κ2) is 8.68. The van der Waals surface area contributed by atoms with Gasteiger partial charge in [-0.1, -0.05) is 6.07 Å². The molecule has 0 atom stereocenters. The predicted octanol–water partition coefficient (Wildman–Crippen LogP) is 2.26. The molecule has 2 fully saturated rings. The summed E-state index contributed by atoms with van der Waals surface area (Å²) in [5.41, 5.74) is 1.45. The molecule has 2 saturated heterocycles. The Bertz CT molecular complexity index is 996. The highest BCUT2D eigenvalue weighted by molar-refractivity contribution is 7.09. The fourth-order valence-electron chi connectivity index (χ4n) is 3.39. The first kappa shape index (κ1) is 20.1. The molecule has 9 heteroatoms. The van der Waals surface area contributed by atoms with Crippen molar-refractivity contribution in [3.05, 3.63) is 51.7 Å². The van der Waals surface area contributed by atoms with Crippen molar-refractivity contribution in [2.24, 2.45) is 0 Å². The molecule has 4 amide bonds. The van der Waals surface area contributed by atoms with E-state index < -0.39 is 17.8 Å². The van der Waals surface area contributed by atoms with Crippen molar-refractivity contribution < 1.29 is 23.9 Å². The van der Waals surface area contributed by atoms with E-state index in [1.54, 1.807) is 6.07 Å². The largest absolute Gasteiger partial charge is 0.496 e. The van der Waals surface area contributed by atoms with Gasteiger partial charge in [-0.05, 0) is 29.7 Å². The molecule has 0 aliphatic carbocycles. The second-order valence-corrected chi connectivity index (χ2v) is 7.85. The molecule has 1 aromatic carbocycles. The summed E-state index contributed by atoms with van der Waals surface area (Å²) in [5, 5.41) is 4.11. The van der Waals surface area contributed by atoms with E-state index >= 15 is 0 Å². The number of hydrogen-bond donors (Lipinski definition) is 1. The minimum Gasteiger partial charge on any atom is -0.496 e. The molecule has 2 aliphatic heterocycles. The number of carbonyl (C=O) groups is 3. The molecule has 1 aromatic heterocycles. The van der Waals surface area contributed by atoms with E-state index in [9.17, 15) is 14.4 Å². The Morgan fingerprint density at radius 2 is 2.00 bits per heavy atom. The summed E-state index contributed by atoms with van der Waals surface area (Å²) < 4.78 is 10.9. The third kappa shape index (κ3) is 4.07. The van der Waals surface area contributed by atoms with Crippen molar-refractivity contribution in [2.75, 3.05) is 38.3 Å². The van der Waals surface area contributed by atoms with Crippen LogP contribution in [0.1, 0.15) is 10.4 Å². The number of amides is 4. The lowest BCUT2D eigenvalue weighted by molar-refractivity contribution is -0.130. The van der Waals surface area contributed by atoms with Crippen LogP contribution in [-0.2, 0) is 20.9 Å². The fourth-order valence-corrected chi connectivity index (χ4v) is 4.08. The van der Waals surface area contributed by atoms with Gasteiger partial charge in [0.1, 0.15) is 11.3 Å². The number of nitrogens with one attached hydrogen (secondary N) is 1. The topological polar surface area (TPSA) is 88.2 Å². The smallest absolute Gasteiger partial charge is 0.331 e. The van der Waals surface area contributed by atoms with E-state index in [1.165, 1.54) is 24.5 Å². The molecule has 0 radical (unpaired) electrons. The van der Waals surface area contributed by atoms with Crippen LogP contribution in [0, 0.1) is 0 Å². The minimum absolute atomic E-state index is 0.108. The van der Waals surface area contributed by atoms with Gasteiger partial charge >= 0.3 is 6.03 Å². The maximum atomic E-state index is 12.9. The van der Waals surface area contributed by atoms with Gasteiger partial charge in [0.05, 0.1) is 26.9 Å². The first-order valence-corrected chi connectivity index (χ1v) is 10.4. The molecule has 2 aromatic rings. The van der Waals surface area contributed by atoms with Crippen molar-refractivity contribution in [1.82, 2.24) is 10.2 Å². The van der Waals surface area contributed by atoms with Gasteiger partial charge in [-0.2, -0.15) is 0 Å². The number of barbiturate groups is 1. The molecular weight excluding hydrogens is 406 g/mol. The van der Waals surface area contributed by atoms with Gasteiger partial charge in [-0.3, -0.25) is 19.8 Å². The summed E-state index contributed by atoms with van der Waals surface area (Å²) >= 11 is 1.44. The molecule has 4 rings (SSSR count). The normalized spacial score (nSPS) is 18.7. The number of ether oxygens (including phenoxy) is 2. The highest BCUT2D eigenvalue weighted by atomic mass is 32.1. The molecule has 8 nitrogen and oxygen atoms in total. The van der Waals surface area contributed by atoms with E-state index in [4.69, 9.17) is 9.47 Å². The Morgan fingerprint density at radius 1 is 1.20 bits per heavy atom. The van der Waals surface area contributed by atoms with Crippen LogP contribution in [0.2, 0.25) is 0 Å². The van der Waals surface area contributed by atoms with E-state index in [1.807, 2.05) is 29.6 Å². The summed E-state index contributed by atoms with van der Waals surface area (Å²) in [6.45, 7) is 3.00. The summed E-state index contributed by atoms with van der Waals surface area (Å²) in [6, 6.07) is 8.55. The van der Waals surface area contributed by atoms with Crippen LogP contribution in [0.25, 0.3) is 6.08 Å². The van der Waals surface area contributed by atoms with E-state index in [-0.39, 0.29) is 12.1 Å². The first-order valence-electron chi connectivity index (χ1n) is 9.49. The van der Waals surface area contributed by atoms with Gasteiger partial charge in [0, 0.05) is 35.3 Å². The molecule has 0 unspecified atom stereocenters. The molecule has 2 aliphatic rings. The summed E-state index contributed by atoms with van der Waals surface area (Å²) in [5.74, 6) is -0.808. The van der Waals surface area contributed by atoms with E-state index in [0.717, 1.165) is 28.6 Å². The van der Waals surface area contributed by atoms with Gasteiger partial charge in [-0.25, -0.2) is 4.79 Å². The lowest BCUT2D eigenvalue weighted by atomic mass is 10.1. The van der Waals surface area contributed by atoms with Crippen LogP contribution >= 0.6 is 11.3 Å². The zero-order valence-corrected chi connectivity index (χ0v) is 17.2. The lowest BCUT2D eigenvalue weighted by Gasteiger charge is -2.29. The van der Waals surface area contributed by atoms with Crippen molar-refractivity contribution >= 4 is 40.9 Å². The average Bonchev–Trinajstić information content (AvgIpc) is 3.28. The van der Waals surface area contributed by atoms with Crippen molar-refractivity contribution in [3.8, 4) is 5.75 Å². The third-order valence-corrected chi connectivity index (χ3v) is 5.83. The van der Waals surface area contributed by atoms with Crippen molar-refractivity contribution in [1.29, 1.82) is 0 Å². The van der Waals surface area contributed by atoms with Gasteiger partial charge in [0.2, 0.25) is 0 Å². The van der Waals surface area contributed by atoms with Gasteiger partial charge in [0.15, 0.2) is 0 Å². The Hall–Kier alpha value is -3.17.